The summed E-state index contributed by atoms with van der Waals surface area (Å²) in [7, 11) is 0. The average molecular weight is 469 g/mol. The van der Waals surface area contributed by atoms with Crippen LogP contribution in [0, 0.1) is 19.5 Å². The fourth-order valence-electron chi connectivity index (χ4n) is 2.12. The van der Waals surface area contributed by atoms with Crippen molar-refractivity contribution in [3.05, 3.63) is 73.0 Å². The van der Waals surface area contributed by atoms with E-state index >= 15 is 0 Å². The van der Waals surface area contributed by atoms with Crippen molar-refractivity contribution in [1.29, 1.82) is 0 Å². The van der Waals surface area contributed by atoms with Gasteiger partial charge in [-0.3, -0.25) is 14.9 Å². The molecule has 0 radical (unpaired) electrons. The van der Waals surface area contributed by atoms with Crippen molar-refractivity contribution in [2.75, 3.05) is 5.32 Å². The van der Waals surface area contributed by atoms with Crippen molar-refractivity contribution in [2.24, 2.45) is 0 Å². The zero-order chi connectivity index (χ0) is 18.0. The number of nitrogens with one attached hydrogen (secondary N) is 1. The van der Waals surface area contributed by atoms with Gasteiger partial charge in [-0.2, -0.15) is 0 Å². The Balaban J connectivity index is 1.86. The standard InChI is InChI=1S/C16H9FIN3O3S/c17-10-3-1-9(2-4-10)14-16(25-8-19-14)20-15(22)12-6-5-11(21(23)24)7-13(12)18/h1-8H,(H,20,22). The van der Waals surface area contributed by atoms with Gasteiger partial charge in [0.2, 0.25) is 0 Å². The Hall–Kier alpha value is -2.40. The van der Waals surface area contributed by atoms with Crippen LogP contribution in [0.15, 0.2) is 48.0 Å². The molecule has 9 heteroatoms. The molecule has 1 aromatic heterocycles. The van der Waals surface area contributed by atoms with Crippen LogP contribution >= 0.6 is 33.9 Å². The van der Waals surface area contributed by atoms with Gasteiger partial charge in [0, 0.05) is 21.3 Å². The lowest BCUT2D eigenvalue weighted by atomic mass is 10.1. The first kappa shape index (κ1) is 17.4. The molecule has 1 heterocycles. The number of nitro groups is 1. The lowest BCUT2D eigenvalue weighted by molar-refractivity contribution is -0.384. The minimum Gasteiger partial charge on any atom is -0.312 e. The molecule has 6 nitrogen and oxygen atoms in total. The predicted molar refractivity (Wildman–Crippen MR) is 101 cm³/mol. The summed E-state index contributed by atoms with van der Waals surface area (Å²) < 4.78 is 13.5. The number of carbonyl (C=O) groups excluding carboxylic acids is 1. The molecule has 1 amide bonds. The van der Waals surface area contributed by atoms with Crippen molar-refractivity contribution < 1.29 is 14.1 Å². The molecule has 0 saturated carbocycles. The van der Waals surface area contributed by atoms with Crippen molar-refractivity contribution in [2.45, 2.75) is 0 Å². The van der Waals surface area contributed by atoms with E-state index < -0.39 is 10.8 Å². The Morgan fingerprint density at radius 1 is 1.24 bits per heavy atom. The fraction of sp³-hybridized carbons (Fsp3) is 0. The van der Waals surface area contributed by atoms with Crippen LogP contribution in [0.5, 0.6) is 0 Å². The number of anilines is 1. The van der Waals surface area contributed by atoms with Gasteiger partial charge < -0.3 is 5.32 Å². The number of nitrogens with zero attached hydrogens (tertiary/aromatic N) is 2. The molecule has 0 unspecified atom stereocenters. The highest BCUT2D eigenvalue weighted by atomic mass is 127. The molecule has 0 aliphatic heterocycles. The number of thiazole rings is 1. The average Bonchev–Trinajstić information content (AvgIpc) is 3.03. The van der Waals surface area contributed by atoms with Gasteiger partial charge >= 0.3 is 0 Å². The highest BCUT2D eigenvalue weighted by Crippen LogP contribution is 2.31. The molecule has 0 bridgehead atoms. The van der Waals surface area contributed by atoms with Gasteiger partial charge in [0.05, 0.1) is 16.0 Å². The zero-order valence-corrected chi connectivity index (χ0v) is 15.4. The number of aromatic nitrogens is 1. The van der Waals surface area contributed by atoms with Crippen LogP contribution in [0.4, 0.5) is 15.1 Å². The molecule has 2 aromatic carbocycles. The van der Waals surface area contributed by atoms with Crippen LogP contribution < -0.4 is 5.32 Å². The molecule has 0 atom stereocenters. The minimum absolute atomic E-state index is 0.0780. The number of non-ortho nitro benzene ring substituents is 1. The van der Waals surface area contributed by atoms with E-state index in [2.05, 4.69) is 10.3 Å². The van der Waals surface area contributed by atoms with Gasteiger partial charge in [-0.15, -0.1) is 11.3 Å². The van der Waals surface area contributed by atoms with E-state index in [1.807, 2.05) is 22.6 Å². The van der Waals surface area contributed by atoms with Gasteiger partial charge in [-0.1, -0.05) is 0 Å². The summed E-state index contributed by atoms with van der Waals surface area (Å²) in [6.07, 6.45) is 0. The number of hydrogen-bond donors (Lipinski definition) is 1. The maximum Gasteiger partial charge on any atom is 0.270 e. The van der Waals surface area contributed by atoms with Crippen molar-refractivity contribution >= 4 is 50.5 Å². The number of amides is 1. The SMILES string of the molecule is O=C(Nc1scnc1-c1ccc(F)cc1)c1ccc([N+](=O)[O-])cc1I. The summed E-state index contributed by atoms with van der Waals surface area (Å²) in [5.41, 5.74) is 3.04. The van der Waals surface area contributed by atoms with Gasteiger partial charge in [0.25, 0.3) is 11.6 Å². The number of rotatable bonds is 4. The molecular weight excluding hydrogens is 460 g/mol. The first-order valence-corrected chi connectivity index (χ1v) is 8.86. The number of nitro benzene ring substituents is 1. The number of carbonyl (C=O) groups is 1. The summed E-state index contributed by atoms with van der Waals surface area (Å²) in [5, 5.41) is 14.1. The number of halogens is 2. The molecule has 126 valence electrons. The van der Waals surface area contributed by atoms with Crippen LogP contribution in [-0.2, 0) is 0 Å². The van der Waals surface area contributed by atoms with Gasteiger partial charge in [-0.05, 0) is 52.9 Å². The Bertz CT molecular complexity index is 960. The fourth-order valence-corrected chi connectivity index (χ4v) is 3.56. The maximum absolute atomic E-state index is 13.1. The summed E-state index contributed by atoms with van der Waals surface area (Å²) >= 11 is 3.12. The van der Waals surface area contributed by atoms with Crippen molar-refractivity contribution in [3.63, 3.8) is 0 Å². The lowest BCUT2D eigenvalue weighted by Crippen LogP contribution is -2.13. The highest BCUT2D eigenvalue weighted by molar-refractivity contribution is 14.1. The lowest BCUT2D eigenvalue weighted by Gasteiger charge is -2.07. The second kappa shape index (κ2) is 7.23. The third-order valence-corrected chi connectivity index (χ3v) is 4.95. The summed E-state index contributed by atoms with van der Waals surface area (Å²) in [6, 6.07) is 9.83. The van der Waals surface area contributed by atoms with E-state index in [1.165, 1.54) is 41.7 Å². The van der Waals surface area contributed by atoms with E-state index in [1.54, 1.807) is 17.6 Å². The van der Waals surface area contributed by atoms with Crippen LogP contribution in [0.2, 0.25) is 0 Å². The van der Waals surface area contributed by atoms with E-state index in [0.29, 0.717) is 25.4 Å². The zero-order valence-electron chi connectivity index (χ0n) is 12.4. The monoisotopic (exact) mass is 469 g/mol. The van der Waals surface area contributed by atoms with Crippen LogP contribution in [-0.4, -0.2) is 15.8 Å². The second-order valence-electron chi connectivity index (χ2n) is 4.91. The molecule has 0 aliphatic rings. The summed E-state index contributed by atoms with van der Waals surface area (Å²) in [6.45, 7) is 0. The largest absolute Gasteiger partial charge is 0.312 e. The quantitative estimate of drug-likeness (QED) is 0.341. The molecule has 1 N–H and O–H groups in total. The van der Waals surface area contributed by atoms with Gasteiger partial charge in [0.1, 0.15) is 16.5 Å². The van der Waals surface area contributed by atoms with E-state index in [0.717, 1.165) is 0 Å². The Morgan fingerprint density at radius 2 is 1.96 bits per heavy atom. The van der Waals surface area contributed by atoms with Crippen molar-refractivity contribution in [1.82, 2.24) is 4.98 Å². The smallest absolute Gasteiger partial charge is 0.270 e. The summed E-state index contributed by atoms with van der Waals surface area (Å²) in [4.78, 5) is 27.0. The topological polar surface area (TPSA) is 85.1 Å². The van der Waals surface area contributed by atoms with E-state index in [-0.39, 0.29) is 11.5 Å². The third kappa shape index (κ3) is 3.82. The Kier molecular flexibility index (Phi) is 5.04. The molecule has 0 spiro atoms. The minimum atomic E-state index is -0.514. The predicted octanol–water partition coefficient (Wildman–Crippen LogP) is 4.71. The van der Waals surface area contributed by atoms with E-state index in [9.17, 15) is 19.3 Å². The first-order valence-electron chi connectivity index (χ1n) is 6.90. The van der Waals surface area contributed by atoms with Crippen LogP contribution in [0.3, 0.4) is 0 Å². The molecule has 3 rings (SSSR count). The van der Waals surface area contributed by atoms with Gasteiger partial charge in [-0.25, -0.2) is 9.37 Å². The number of benzene rings is 2. The van der Waals surface area contributed by atoms with Crippen LogP contribution in [0.25, 0.3) is 11.3 Å². The van der Waals surface area contributed by atoms with Gasteiger partial charge in [0.15, 0.2) is 0 Å². The normalized spacial score (nSPS) is 10.5. The molecule has 25 heavy (non-hydrogen) atoms. The van der Waals surface area contributed by atoms with Crippen molar-refractivity contribution in [3.8, 4) is 11.3 Å². The highest BCUT2D eigenvalue weighted by Gasteiger charge is 2.17. The van der Waals surface area contributed by atoms with Crippen LogP contribution in [0.1, 0.15) is 10.4 Å². The Labute approximate surface area is 159 Å². The first-order chi connectivity index (χ1) is 12.0. The second-order valence-corrected chi connectivity index (χ2v) is 6.93. The maximum atomic E-state index is 13.1. The molecule has 0 saturated heterocycles. The number of hydrogen-bond acceptors (Lipinski definition) is 5. The Morgan fingerprint density at radius 3 is 2.60 bits per heavy atom. The van der Waals surface area contributed by atoms with E-state index in [4.69, 9.17) is 0 Å². The molecule has 0 fully saturated rings. The third-order valence-electron chi connectivity index (χ3n) is 3.32. The molecule has 0 aliphatic carbocycles. The summed E-state index contributed by atoms with van der Waals surface area (Å²) in [5.74, 6) is -0.753. The molecule has 3 aromatic rings. The molecular formula is C16H9FIN3O3S.